The number of alkyl halides is 6. The molecule has 1 N–H and O–H groups in total. The minimum atomic E-state index is -5.23. The molecule has 0 radical (unpaired) electrons. The number of pyridine rings is 1. The number of aryl methyl sites for hydroxylation is 1. The number of benzene rings is 1. The molecule has 1 aromatic carbocycles. The quantitative estimate of drug-likeness (QED) is 0.551. The second-order valence-corrected chi connectivity index (χ2v) is 6.79. The van der Waals surface area contributed by atoms with E-state index in [1.54, 1.807) is 25.1 Å². The monoisotopic (exact) mass is 456 g/mol. The Morgan fingerprint density at radius 2 is 1.88 bits per heavy atom. The summed E-state index contributed by atoms with van der Waals surface area (Å²) in [4.78, 5) is 16.8. The summed E-state index contributed by atoms with van der Waals surface area (Å²) < 4.78 is 84.0. The van der Waals surface area contributed by atoms with E-state index >= 15 is 0 Å². The van der Waals surface area contributed by atoms with Crippen molar-refractivity contribution in [3.63, 3.8) is 0 Å². The lowest BCUT2D eigenvalue weighted by atomic mass is 10.1. The second-order valence-electron chi connectivity index (χ2n) is 6.79. The number of likely N-dealkylation sites (N-methyl/N-ethyl adjacent to an activating group) is 1. The third-order valence-corrected chi connectivity index (χ3v) is 4.65. The van der Waals surface area contributed by atoms with Crippen molar-refractivity contribution in [1.29, 1.82) is 5.26 Å². The predicted octanol–water partition coefficient (Wildman–Crippen LogP) is 5.12. The van der Waals surface area contributed by atoms with Crippen LogP contribution in [0.1, 0.15) is 22.4 Å². The minimum Gasteiger partial charge on any atom is -0.464 e. The maximum atomic E-state index is 13.2. The van der Waals surface area contributed by atoms with Gasteiger partial charge >= 0.3 is 12.4 Å². The van der Waals surface area contributed by atoms with E-state index < -0.39 is 47.4 Å². The van der Waals surface area contributed by atoms with Crippen LogP contribution in [-0.2, 0) is 17.1 Å². The maximum absolute atomic E-state index is 13.2. The van der Waals surface area contributed by atoms with Crippen LogP contribution < -0.4 is 10.2 Å². The zero-order valence-corrected chi connectivity index (χ0v) is 16.5. The Kier molecular flexibility index (Phi) is 5.78. The molecule has 6 nitrogen and oxygen atoms in total. The highest BCUT2D eigenvalue weighted by atomic mass is 19.4. The smallest absolute Gasteiger partial charge is 0.433 e. The van der Waals surface area contributed by atoms with Crippen molar-refractivity contribution in [2.24, 2.45) is 0 Å². The first-order chi connectivity index (χ1) is 14.8. The van der Waals surface area contributed by atoms with Crippen molar-refractivity contribution in [3.05, 3.63) is 52.9 Å². The zero-order chi connectivity index (χ0) is 23.8. The lowest BCUT2D eigenvalue weighted by molar-refractivity contribution is -0.145. The van der Waals surface area contributed by atoms with E-state index in [1.165, 1.54) is 19.4 Å². The molecule has 2 heterocycles. The number of nitriles is 1. The molecule has 32 heavy (non-hydrogen) atoms. The lowest BCUT2D eigenvalue weighted by Gasteiger charge is -2.19. The molecule has 3 aromatic rings. The van der Waals surface area contributed by atoms with Gasteiger partial charge in [-0.3, -0.25) is 4.79 Å². The Morgan fingerprint density at radius 3 is 2.47 bits per heavy atom. The van der Waals surface area contributed by atoms with Gasteiger partial charge in [0.2, 0.25) is 5.91 Å². The third kappa shape index (κ3) is 4.46. The SMILES string of the molecule is Cc1coc2ccc(N(C)C(=O)CNc3nc(C(F)(F)F)cc(C(F)(F)F)c3C#N)cc12. The standard InChI is InChI=1S/C20H14F6N4O2/c1-10-9-32-15-4-3-11(5-12(10)15)30(2)17(31)8-28-18-13(7-27)14(19(21,22)23)6-16(29-18)20(24,25)26/h3-6,9H,8H2,1-2H3,(H,28,29). The first kappa shape index (κ1) is 22.9. The third-order valence-electron chi connectivity index (χ3n) is 4.65. The van der Waals surface area contributed by atoms with Crippen LogP contribution in [0.15, 0.2) is 34.9 Å². The Balaban J connectivity index is 1.89. The van der Waals surface area contributed by atoms with Crippen molar-refractivity contribution in [2.75, 3.05) is 23.8 Å². The molecule has 0 saturated carbocycles. The van der Waals surface area contributed by atoms with Crippen LogP contribution in [0, 0.1) is 18.3 Å². The molecule has 168 valence electrons. The van der Waals surface area contributed by atoms with Gasteiger partial charge in [0.05, 0.1) is 18.4 Å². The van der Waals surface area contributed by atoms with Gasteiger partial charge in [0.25, 0.3) is 0 Å². The molecule has 12 heteroatoms. The number of carbonyl (C=O) groups excluding carboxylic acids is 1. The van der Waals surface area contributed by atoms with Gasteiger partial charge in [-0.1, -0.05) is 0 Å². The number of fused-ring (bicyclic) bond motifs is 1. The fraction of sp³-hybridized carbons (Fsp3) is 0.250. The van der Waals surface area contributed by atoms with E-state index in [1.807, 2.05) is 0 Å². The first-order valence-electron chi connectivity index (χ1n) is 8.90. The van der Waals surface area contributed by atoms with Gasteiger partial charge < -0.3 is 14.6 Å². The molecule has 0 unspecified atom stereocenters. The van der Waals surface area contributed by atoms with E-state index in [9.17, 15) is 31.1 Å². The molecule has 0 aliphatic rings. The molecule has 0 aliphatic heterocycles. The normalized spacial score (nSPS) is 12.0. The van der Waals surface area contributed by atoms with E-state index in [-0.39, 0.29) is 6.07 Å². The highest BCUT2D eigenvalue weighted by molar-refractivity contribution is 5.98. The average Bonchev–Trinajstić information content (AvgIpc) is 3.09. The van der Waals surface area contributed by atoms with Crippen molar-refractivity contribution in [1.82, 2.24) is 4.98 Å². The van der Waals surface area contributed by atoms with Gasteiger partial charge in [-0.25, -0.2) is 4.98 Å². The van der Waals surface area contributed by atoms with Crippen molar-refractivity contribution >= 4 is 28.4 Å². The van der Waals surface area contributed by atoms with Crippen molar-refractivity contribution in [2.45, 2.75) is 19.3 Å². The number of nitrogens with zero attached hydrogens (tertiary/aromatic N) is 3. The molecule has 3 rings (SSSR count). The molecule has 0 bridgehead atoms. The number of anilines is 2. The number of hydrogen-bond acceptors (Lipinski definition) is 5. The summed E-state index contributed by atoms with van der Waals surface area (Å²) in [7, 11) is 1.38. The van der Waals surface area contributed by atoms with Gasteiger partial charge in [-0.15, -0.1) is 0 Å². The van der Waals surface area contributed by atoms with Crippen LogP contribution in [0.3, 0.4) is 0 Å². The van der Waals surface area contributed by atoms with Crippen LogP contribution in [0.5, 0.6) is 0 Å². The highest BCUT2D eigenvalue weighted by Gasteiger charge is 2.41. The summed E-state index contributed by atoms with van der Waals surface area (Å²) >= 11 is 0. The molecule has 0 atom stereocenters. The number of furan rings is 1. The van der Waals surface area contributed by atoms with Crippen molar-refractivity contribution in [3.8, 4) is 6.07 Å². The van der Waals surface area contributed by atoms with Crippen molar-refractivity contribution < 1.29 is 35.6 Å². The maximum Gasteiger partial charge on any atom is 0.433 e. The largest absolute Gasteiger partial charge is 0.464 e. The summed E-state index contributed by atoms with van der Waals surface area (Å²) in [6.45, 7) is 1.08. The number of rotatable bonds is 4. The molecule has 0 aliphatic carbocycles. The second kappa shape index (κ2) is 8.07. The van der Waals surface area contributed by atoms with Gasteiger partial charge in [-0.05, 0) is 36.8 Å². The number of carbonyl (C=O) groups is 1. The average molecular weight is 456 g/mol. The van der Waals surface area contributed by atoms with Crippen LogP contribution >= 0.6 is 0 Å². The summed E-state index contributed by atoms with van der Waals surface area (Å²) in [6, 6.07) is 5.80. The fourth-order valence-corrected chi connectivity index (χ4v) is 2.93. The Labute approximate surface area is 177 Å². The van der Waals surface area contributed by atoms with Crippen LogP contribution in [0.2, 0.25) is 0 Å². The first-order valence-corrected chi connectivity index (χ1v) is 8.90. The summed E-state index contributed by atoms with van der Waals surface area (Å²) in [5, 5.41) is 12.0. The number of nitrogens with one attached hydrogen (secondary N) is 1. The molecule has 1 amide bonds. The van der Waals surface area contributed by atoms with Gasteiger partial charge in [0.1, 0.15) is 28.7 Å². The highest BCUT2D eigenvalue weighted by Crippen LogP contribution is 2.38. The summed E-state index contributed by atoms with van der Waals surface area (Å²) in [5.74, 6) is -1.68. The molecule has 2 aromatic heterocycles. The summed E-state index contributed by atoms with van der Waals surface area (Å²) in [6.07, 6.45) is -8.90. The van der Waals surface area contributed by atoms with Gasteiger partial charge in [0, 0.05) is 18.1 Å². The Hall–Kier alpha value is -3.75. The Bertz CT molecular complexity index is 1220. The number of amides is 1. The van der Waals surface area contributed by atoms with Gasteiger partial charge in [0.15, 0.2) is 0 Å². The summed E-state index contributed by atoms with van der Waals surface area (Å²) in [5.41, 5.74) is -2.97. The molecule has 0 spiro atoms. The zero-order valence-electron chi connectivity index (χ0n) is 16.5. The fourth-order valence-electron chi connectivity index (χ4n) is 2.93. The van der Waals surface area contributed by atoms with Crippen LogP contribution in [0.4, 0.5) is 37.8 Å². The van der Waals surface area contributed by atoms with E-state index in [2.05, 4.69) is 10.3 Å². The topological polar surface area (TPSA) is 82.2 Å². The molecular formula is C20H14F6N4O2. The van der Waals surface area contributed by atoms with Gasteiger partial charge in [-0.2, -0.15) is 31.6 Å². The number of halogens is 6. The molecule has 0 fully saturated rings. The molecular weight excluding hydrogens is 442 g/mol. The lowest BCUT2D eigenvalue weighted by Crippen LogP contribution is -2.32. The molecule has 0 saturated heterocycles. The van der Waals surface area contributed by atoms with Crippen LogP contribution in [-0.4, -0.2) is 24.5 Å². The van der Waals surface area contributed by atoms with Crippen LogP contribution in [0.25, 0.3) is 11.0 Å². The number of aromatic nitrogens is 1. The number of hydrogen-bond donors (Lipinski definition) is 1. The minimum absolute atomic E-state index is 0.236. The Morgan fingerprint density at radius 1 is 1.19 bits per heavy atom. The predicted molar refractivity (Wildman–Crippen MR) is 102 cm³/mol. The van der Waals surface area contributed by atoms with E-state index in [0.717, 1.165) is 15.8 Å². The van der Waals surface area contributed by atoms with E-state index in [4.69, 9.17) is 9.68 Å². The van der Waals surface area contributed by atoms with E-state index in [0.29, 0.717) is 11.3 Å².